The van der Waals surface area contributed by atoms with E-state index in [1.165, 1.54) is 36.4 Å². The third kappa shape index (κ3) is 4.70. The van der Waals surface area contributed by atoms with Crippen LogP contribution in [0.4, 0.5) is 8.78 Å². The minimum absolute atomic E-state index is 0.0699. The zero-order valence-electron chi connectivity index (χ0n) is 14.9. The maximum absolute atomic E-state index is 14.3. The molecule has 0 aliphatic carbocycles. The fourth-order valence-corrected chi connectivity index (χ4v) is 2.39. The number of ether oxygens (including phenoxy) is 2. The van der Waals surface area contributed by atoms with Crippen molar-refractivity contribution in [3.63, 3.8) is 0 Å². The normalized spacial score (nSPS) is 11.1. The molecular weight excluding hydrogens is 350 g/mol. The zero-order chi connectivity index (χ0) is 19.4. The van der Waals surface area contributed by atoms with Crippen LogP contribution in [0.1, 0.15) is 27.0 Å². The largest absolute Gasteiger partial charge is 0.429 e. The second-order valence-corrected chi connectivity index (χ2v) is 6.21. The first-order valence-electron chi connectivity index (χ1n) is 8.36. The predicted octanol–water partition coefficient (Wildman–Crippen LogP) is 5.65. The highest BCUT2D eigenvalue weighted by Crippen LogP contribution is 2.32. The van der Waals surface area contributed by atoms with E-state index in [1.807, 2.05) is 13.8 Å². The van der Waals surface area contributed by atoms with E-state index in [-0.39, 0.29) is 17.1 Å². The topological polar surface area (TPSA) is 35.5 Å². The highest BCUT2D eigenvalue weighted by Gasteiger charge is 2.34. The summed E-state index contributed by atoms with van der Waals surface area (Å²) in [5.74, 6) is -0.304. The van der Waals surface area contributed by atoms with Gasteiger partial charge in [0.1, 0.15) is 11.5 Å². The van der Waals surface area contributed by atoms with Crippen molar-refractivity contribution in [3.8, 4) is 11.5 Å². The van der Waals surface area contributed by atoms with Gasteiger partial charge in [0.15, 0.2) is 0 Å². The van der Waals surface area contributed by atoms with Gasteiger partial charge in [-0.05, 0) is 62.4 Å². The van der Waals surface area contributed by atoms with E-state index in [0.29, 0.717) is 5.56 Å². The standard InChI is InChI=1S/C22H18F2O3/c1-15-3-7-17(8-4-15)21(25)26-19-13-9-18(10-14-19)22(23,24)27-20-11-5-16(2)6-12-20/h3-14H,1-2H3. The van der Waals surface area contributed by atoms with Crippen molar-refractivity contribution in [2.24, 2.45) is 0 Å². The van der Waals surface area contributed by atoms with Crippen molar-refractivity contribution < 1.29 is 23.0 Å². The van der Waals surface area contributed by atoms with E-state index in [2.05, 4.69) is 0 Å². The number of rotatable bonds is 5. The number of halogens is 2. The van der Waals surface area contributed by atoms with Gasteiger partial charge in [0.2, 0.25) is 0 Å². The molecule has 0 aliphatic heterocycles. The van der Waals surface area contributed by atoms with Gasteiger partial charge >= 0.3 is 12.1 Å². The van der Waals surface area contributed by atoms with Crippen LogP contribution < -0.4 is 9.47 Å². The molecule has 5 heteroatoms. The molecule has 0 saturated carbocycles. The number of esters is 1. The molecule has 0 spiro atoms. The van der Waals surface area contributed by atoms with Gasteiger partial charge in [0.05, 0.1) is 11.1 Å². The van der Waals surface area contributed by atoms with Crippen LogP contribution in [0.3, 0.4) is 0 Å². The van der Waals surface area contributed by atoms with Crippen molar-refractivity contribution in [3.05, 3.63) is 95.1 Å². The molecule has 3 rings (SSSR count). The molecule has 3 nitrogen and oxygen atoms in total. The smallest absolute Gasteiger partial charge is 0.426 e. The molecule has 0 saturated heterocycles. The number of alkyl halides is 2. The van der Waals surface area contributed by atoms with Crippen molar-refractivity contribution in [1.82, 2.24) is 0 Å². The average Bonchev–Trinajstić information content (AvgIpc) is 2.64. The lowest BCUT2D eigenvalue weighted by Gasteiger charge is -2.18. The summed E-state index contributed by atoms with van der Waals surface area (Å²) in [6, 6.07) is 18.2. The molecule has 138 valence electrons. The Kier molecular flexibility index (Phi) is 5.21. The fourth-order valence-electron chi connectivity index (χ4n) is 2.39. The molecule has 0 aliphatic rings. The molecule has 0 radical (unpaired) electrons. The Balaban J connectivity index is 1.69. The first kappa shape index (κ1) is 18.6. The van der Waals surface area contributed by atoms with E-state index < -0.39 is 12.1 Å². The number of benzene rings is 3. The summed E-state index contributed by atoms with van der Waals surface area (Å²) >= 11 is 0. The van der Waals surface area contributed by atoms with Crippen LogP contribution in [-0.2, 0) is 6.11 Å². The van der Waals surface area contributed by atoms with Crippen LogP contribution in [0.25, 0.3) is 0 Å². The average molecular weight is 368 g/mol. The molecular formula is C22H18F2O3. The van der Waals surface area contributed by atoms with E-state index in [0.717, 1.165) is 11.1 Å². The molecule has 0 heterocycles. The van der Waals surface area contributed by atoms with E-state index in [1.54, 1.807) is 36.4 Å². The van der Waals surface area contributed by atoms with Crippen LogP contribution in [0.15, 0.2) is 72.8 Å². The number of carbonyl (C=O) groups excluding carboxylic acids is 1. The number of hydrogen-bond acceptors (Lipinski definition) is 3. The first-order chi connectivity index (χ1) is 12.8. The third-order valence-electron chi connectivity index (χ3n) is 3.96. The number of hydrogen-bond donors (Lipinski definition) is 0. The molecule has 27 heavy (non-hydrogen) atoms. The Morgan fingerprint density at radius 1 is 0.741 bits per heavy atom. The van der Waals surface area contributed by atoms with Crippen LogP contribution >= 0.6 is 0 Å². The van der Waals surface area contributed by atoms with Crippen LogP contribution in [-0.4, -0.2) is 5.97 Å². The van der Waals surface area contributed by atoms with Crippen molar-refractivity contribution in [2.75, 3.05) is 0 Å². The molecule has 0 unspecified atom stereocenters. The van der Waals surface area contributed by atoms with Gasteiger partial charge in [-0.3, -0.25) is 0 Å². The van der Waals surface area contributed by atoms with Gasteiger partial charge in [-0.25, -0.2) is 4.79 Å². The summed E-state index contributed by atoms with van der Waals surface area (Å²) in [7, 11) is 0. The summed E-state index contributed by atoms with van der Waals surface area (Å²) in [6.07, 6.45) is -3.51. The highest BCUT2D eigenvalue weighted by molar-refractivity contribution is 5.91. The molecule has 3 aromatic rings. The minimum atomic E-state index is -3.51. The van der Waals surface area contributed by atoms with Gasteiger partial charge in [0.25, 0.3) is 0 Å². The van der Waals surface area contributed by atoms with Crippen LogP contribution in [0.2, 0.25) is 0 Å². The first-order valence-corrected chi connectivity index (χ1v) is 8.36. The summed E-state index contributed by atoms with van der Waals surface area (Å²) < 4.78 is 38.6. The second kappa shape index (κ2) is 7.58. The number of carbonyl (C=O) groups is 1. The van der Waals surface area contributed by atoms with Gasteiger partial charge in [0, 0.05) is 0 Å². The highest BCUT2D eigenvalue weighted by atomic mass is 19.3. The minimum Gasteiger partial charge on any atom is -0.429 e. The van der Waals surface area contributed by atoms with Crippen molar-refractivity contribution in [2.45, 2.75) is 20.0 Å². The predicted molar refractivity (Wildman–Crippen MR) is 98.3 cm³/mol. The Morgan fingerprint density at radius 3 is 1.78 bits per heavy atom. The van der Waals surface area contributed by atoms with Crippen LogP contribution in [0.5, 0.6) is 11.5 Å². The van der Waals surface area contributed by atoms with E-state index in [4.69, 9.17) is 9.47 Å². The van der Waals surface area contributed by atoms with Gasteiger partial charge in [-0.1, -0.05) is 35.4 Å². The molecule has 0 fully saturated rings. The van der Waals surface area contributed by atoms with E-state index >= 15 is 0 Å². The number of aryl methyl sites for hydroxylation is 2. The molecule has 0 amide bonds. The summed E-state index contributed by atoms with van der Waals surface area (Å²) in [4.78, 5) is 12.1. The summed E-state index contributed by atoms with van der Waals surface area (Å²) in [5, 5.41) is 0. The Morgan fingerprint density at radius 2 is 1.22 bits per heavy atom. The van der Waals surface area contributed by atoms with Crippen molar-refractivity contribution in [1.29, 1.82) is 0 Å². The Bertz CT molecular complexity index is 915. The second-order valence-electron chi connectivity index (χ2n) is 6.21. The van der Waals surface area contributed by atoms with Crippen LogP contribution in [0, 0.1) is 13.8 Å². The van der Waals surface area contributed by atoms with Gasteiger partial charge < -0.3 is 9.47 Å². The summed E-state index contributed by atoms with van der Waals surface area (Å²) in [5.41, 5.74) is 2.02. The molecule has 0 atom stereocenters. The maximum Gasteiger partial charge on any atom is 0.426 e. The molecule has 3 aromatic carbocycles. The lowest BCUT2D eigenvalue weighted by atomic mass is 10.1. The SMILES string of the molecule is Cc1ccc(OC(F)(F)c2ccc(OC(=O)c3ccc(C)cc3)cc2)cc1. The maximum atomic E-state index is 14.3. The molecule has 0 aromatic heterocycles. The lowest BCUT2D eigenvalue weighted by molar-refractivity contribution is -0.185. The zero-order valence-corrected chi connectivity index (χ0v) is 14.9. The quantitative estimate of drug-likeness (QED) is 0.431. The molecule has 0 N–H and O–H groups in total. The lowest BCUT2D eigenvalue weighted by Crippen LogP contribution is -2.21. The molecule has 0 bridgehead atoms. The third-order valence-corrected chi connectivity index (χ3v) is 3.96. The monoisotopic (exact) mass is 368 g/mol. The van der Waals surface area contributed by atoms with Gasteiger partial charge in [-0.2, -0.15) is 8.78 Å². The fraction of sp³-hybridized carbons (Fsp3) is 0.136. The van der Waals surface area contributed by atoms with Crippen molar-refractivity contribution >= 4 is 5.97 Å². The van der Waals surface area contributed by atoms with E-state index in [9.17, 15) is 13.6 Å². The Hall–Kier alpha value is -3.21. The van der Waals surface area contributed by atoms with Gasteiger partial charge in [-0.15, -0.1) is 0 Å². The Labute approximate surface area is 156 Å². The summed E-state index contributed by atoms with van der Waals surface area (Å²) in [6.45, 7) is 3.77.